The molecule has 31 heteroatoms. The average molecular weight is 1590 g/mol. The van der Waals surface area contributed by atoms with Crippen molar-refractivity contribution in [2.75, 3.05) is 77.2 Å². The fraction of sp³-hybridized carbons (Fsp3) is 0.321. The molecule has 3 atom stereocenters. The number of methoxy groups -OCH3 is 3. The number of hydrogen-bond donors (Lipinski definition) is 0. The van der Waals surface area contributed by atoms with Crippen LogP contribution in [0.1, 0.15) is 98.1 Å². The lowest BCUT2D eigenvalue weighted by Crippen LogP contribution is -2.34. The third-order valence-electron chi connectivity index (χ3n) is 20.0. The zero-order chi connectivity index (χ0) is 79.8. The summed E-state index contributed by atoms with van der Waals surface area (Å²) < 4.78 is 173. The highest BCUT2D eigenvalue weighted by atomic mass is 32.2. The molecule has 0 amide bonds. The molecule has 1 saturated carbocycles. The van der Waals surface area contributed by atoms with Crippen LogP contribution < -0.4 is 45.5 Å². The van der Waals surface area contributed by atoms with Gasteiger partial charge in [-0.1, -0.05) is 72.8 Å². The molecule has 1 aliphatic rings. The number of fused-ring (bicyclic) bond motifs is 3. The summed E-state index contributed by atoms with van der Waals surface area (Å²) in [5.74, 6) is -1.89. The molecule has 584 valence electrons. The Morgan fingerprint density at radius 3 is 1.33 bits per heavy atom. The van der Waals surface area contributed by atoms with E-state index in [9.17, 15) is 40.1 Å². The number of nitriles is 1. The minimum atomic E-state index is -3.89. The molecule has 1 aliphatic carbocycles. The number of imidazole rings is 3. The van der Waals surface area contributed by atoms with Gasteiger partial charge in [-0.15, -0.1) is 0 Å². The van der Waals surface area contributed by atoms with Gasteiger partial charge < -0.3 is 28.4 Å². The maximum atomic E-state index is 17.2. The van der Waals surface area contributed by atoms with E-state index in [0.717, 1.165) is 29.8 Å². The number of nitrogens with zero attached hydrogens (tertiary/aromatic N) is 10. The lowest BCUT2D eigenvalue weighted by atomic mass is 9.93. The Labute approximate surface area is 643 Å². The first-order valence-electron chi connectivity index (χ1n) is 36.0. The number of ether oxygens (including phenoxy) is 6. The SMILES string of the molecule is CCOc1cc([C@@H](CS(C)(=O)=O)n2c(=O)n(CC#N)c3cc(-c4cccc(CCOc5cc([C@@H](CS(C)(=O)=O)n6c(=O)n(C7CCC7)c7cc(-c8cccc(CCOc9cc([C@@H](CS(C)(=O)=O)n%10c(=O)n(C(C)C)c%11cc(-c%12ccccc%12F)cnc%11%10)ccc9OC)c8F)cnc76)ccc5OC)c4F)cnc32)ccc1OC. The van der Waals surface area contributed by atoms with Gasteiger partial charge in [0.15, 0.2) is 51.4 Å². The van der Waals surface area contributed by atoms with E-state index in [4.69, 9.17) is 33.4 Å². The predicted octanol–water partition coefficient (Wildman–Crippen LogP) is 12.0. The summed E-state index contributed by atoms with van der Waals surface area (Å²) in [6.45, 7) is 4.91. The number of rotatable bonds is 31. The van der Waals surface area contributed by atoms with Crippen molar-refractivity contribution in [2.24, 2.45) is 0 Å². The molecule has 0 saturated heterocycles. The second kappa shape index (κ2) is 32.1. The van der Waals surface area contributed by atoms with Gasteiger partial charge >= 0.3 is 17.1 Å². The van der Waals surface area contributed by atoms with Crippen LogP contribution in [-0.2, 0) is 48.9 Å². The molecule has 25 nitrogen and oxygen atoms in total. The molecule has 6 aromatic carbocycles. The zero-order valence-corrected chi connectivity index (χ0v) is 65.2. The highest BCUT2D eigenvalue weighted by molar-refractivity contribution is 7.91. The lowest BCUT2D eigenvalue weighted by Gasteiger charge is -2.26. The average Bonchev–Trinajstić information content (AvgIpc) is 1.53. The molecule has 13 rings (SSSR count). The van der Waals surface area contributed by atoms with Gasteiger partial charge in [0.1, 0.15) is 53.5 Å². The van der Waals surface area contributed by atoms with Crippen LogP contribution in [0.25, 0.3) is 66.9 Å². The first kappa shape index (κ1) is 78.6. The summed E-state index contributed by atoms with van der Waals surface area (Å²) in [7, 11) is -7.18. The number of pyridine rings is 3. The molecule has 0 radical (unpaired) electrons. The third kappa shape index (κ3) is 15.9. The Bertz CT molecular complexity index is 6260. The molecule has 0 bridgehead atoms. The van der Waals surface area contributed by atoms with Crippen molar-refractivity contribution in [3.8, 4) is 73.9 Å². The van der Waals surface area contributed by atoms with Crippen molar-refractivity contribution >= 4 is 63.0 Å². The highest BCUT2D eigenvalue weighted by Gasteiger charge is 2.35. The van der Waals surface area contributed by atoms with E-state index in [1.807, 2.05) is 6.07 Å². The van der Waals surface area contributed by atoms with E-state index in [2.05, 4.69) is 9.97 Å². The molecule has 0 unspecified atom stereocenters. The molecule has 0 aliphatic heterocycles. The fourth-order valence-electron chi connectivity index (χ4n) is 14.6. The Hall–Kier alpha value is -11.5. The van der Waals surface area contributed by atoms with Crippen LogP contribution in [0.2, 0.25) is 0 Å². The van der Waals surface area contributed by atoms with Crippen LogP contribution >= 0.6 is 0 Å². The Kier molecular flexibility index (Phi) is 22.5. The molecule has 112 heavy (non-hydrogen) atoms. The highest BCUT2D eigenvalue weighted by Crippen LogP contribution is 2.41. The van der Waals surface area contributed by atoms with Crippen LogP contribution in [0.5, 0.6) is 34.5 Å². The number of aromatic nitrogens is 9. The van der Waals surface area contributed by atoms with Crippen molar-refractivity contribution in [3.05, 3.63) is 229 Å². The second-order valence-corrected chi connectivity index (χ2v) is 34.6. The van der Waals surface area contributed by atoms with Gasteiger partial charge in [0, 0.05) is 95.7 Å². The van der Waals surface area contributed by atoms with Gasteiger partial charge in [0.2, 0.25) is 0 Å². The molecule has 12 aromatic rings. The minimum Gasteiger partial charge on any atom is -0.493 e. The second-order valence-electron chi connectivity index (χ2n) is 28.0. The summed E-state index contributed by atoms with van der Waals surface area (Å²) >= 11 is 0. The van der Waals surface area contributed by atoms with Gasteiger partial charge in [-0.05, 0) is 129 Å². The largest absolute Gasteiger partial charge is 0.493 e. The smallest absolute Gasteiger partial charge is 0.331 e. The predicted molar refractivity (Wildman–Crippen MR) is 419 cm³/mol. The maximum absolute atomic E-state index is 17.2. The Morgan fingerprint density at radius 2 is 0.902 bits per heavy atom. The maximum Gasteiger partial charge on any atom is 0.331 e. The van der Waals surface area contributed by atoms with Crippen LogP contribution in [-0.4, -0.2) is 145 Å². The quantitative estimate of drug-likeness (QED) is 0.0390. The number of hydrogen-bond acceptors (Lipinski definition) is 19. The lowest BCUT2D eigenvalue weighted by molar-refractivity contribution is 0.295. The number of benzene rings is 6. The summed E-state index contributed by atoms with van der Waals surface area (Å²) in [6.07, 6.45) is 9.41. The molecular formula is C81H81F3N10O15S3. The van der Waals surface area contributed by atoms with Crippen molar-refractivity contribution in [3.63, 3.8) is 0 Å². The zero-order valence-electron chi connectivity index (χ0n) is 62.8. The summed E-state index contributed by atoms with van der Waals surface area (Å²) in [5.41, 5.74) is 2.31. The van der Waals surface area contributed by atoms with E-state index in [1.165, 1.54) is 76.4 Å². The summed E-state index contributed by atoms with van der Waals surface area (Å²) in [5, 5.41) is 9.96. The van der Waals surface area contributed by atoms with Gasteiger partial charge in [-0.2, -0.15) is 5.26 Å². The van der Waals surface area contributed by atoms with Crippen LogP contribution in [0.15, 0.2) is 166 Å². The van der Waals surface area contributed by atoms with E-state index in [-0.39, 0.29) is 118 Å². The molecular weight excluding hydrogens is 1510 g/mol. The summed E-state index contributed by atoms with van der Waals surface area (Å²) in [4.78, 5) is 58.3. The van der Waals surface area contributed by atoms with Crippen molar-refractivity contribution in [2.45, 2.75) is 89.6 Å². The van der Waals surface area contributed by atoms with Crippen molar-refractivity contribution in [1.82, 2.24) is 42.4 Å². The van der Waals surface area contributed by atoms with Gasteiger partial charge in [0.05, 0.1) is 99.2 Å². The molecule has 6 heterocycles. The monoisotopic (exact) mass is 1590 g/mol. The first-order valence-corrected chi connectivity index (χ1v) is 42.2. The fourth-order valence-corrected chi connectivity index (χ4v) is 17.4. The standard InChI is InChI=1S/C81H81F3N10O15S3/c1-10-107-71-39-51(24-27-68(71)104-4)65(45-110(7,98)99)92-76-62(89(33-32-85)79(92)95)36-55(43-86-76)59-21-13-16-49(74(59)83)30-34-109-73-41-53(26-29-70(73)106-6)67(47-112(9,102)103)94-78-64(91(81(94)97)57-18-15-19-57)38-56(44-88-78)60-22-14-17-50(75(60)84)31-35-108-72-40-52(25-28-69(72)105-5)66(46-111(8,100)101)93-77-63(90(48(2)3)80(93)96)37-54(42-87-77)58-20-11-12-23-61(58)82/h11-14,16-17,20-29,36-44,48,57,65-67H,10,15,18-19,30-31,33-35,45-47H2,1-9H3/t65-,66-,67-/m1/s1. The van der Waals surface area contributed by atoms with Crippen LogP contribution in [0.4, 0.5) is 13.2 Å². The normalized spacial score (nSPS) is 13.6. The van der Waals surface area contributed by atoms with E-state index >= 15 is 18.0 Å². The van der Waals surface area contributed by atoms with Gasteiger partial charge in [-0.25, -0.2) is 67.8 Å². The van der Waals surface area contributed by atoms with Gasteiger partial charge in [0.25, 0.3) is 0 Å². The number of sulfone groups is 3. The van der Waals surface area contributed by atoms with Crippen molar-refractivity contribution in [1.29, 1.82) is 5.26 Å². The van der Waals surface area contributed by atoms with Crippen LogP contribution in [0, 0.1) is 28.8 Å². The van der Waals surface area contributed by atoms with Crippen LogP contribution in [0.3, 0.4) is 0 Å². The summed E-state index contributed by atoms with van der Waals surface area (Å²) in [6, 6.07) is 32.7. The van der Waals surface area contributed by atoms with E-state index in [0.29, 0.717) is 63.2 Å². The number of halogens is 3. The minimum absolute atomic E-state index is 0.00711. The molecule has 0 spiro atoms. The van der Waals surface area contributed by atoms with E-state index < -0.39 is 112 Å². The third-order valence-corrected chi connectivity index (χ3v) is 22.8. The van der Waals surface area contributed by atoms with Crippen molar-refractivity contribution < 1.29 is 66.8 Å². The molecule has 6 aromatic heterocycles. The van der Waals surface area contributed by atoms with E-state index in [1.54, 1.807) is 141 Å². The molecule has 0 N–H and O–H groups in total. The Morgan fingerprint density at radius 1 is 0.491 bits per heavy atom. The van der Waals surface area contributed by atoms with Gasteiger partial charge in [-0.3, -0.25) is 27.4 Å². The molecule has 1 fully saturated rings. The topological polar surface area (TPSA) is 301 Å². The first-order chi connectivity index (χ1) is 53.5. The Balaban J connectivity index is 0.765.